The summed E-state index contributed by atoms with van der Waals surface area (Å²) in [4.78, 5) is 30.4. The van der Waals surface area contributed by atoms with Crippen LogP contribution in [0, 0.1) is 0 Å². The lowest BCUT2D eigenvalue weighted by atomic mass is 10.1. The molecular formula is C26H43BrNO5P. The summed E-state index contributed by atoms with van der Waals surface area (Å²) in [5.74, 6) is -0.116. The Morgan fingerprint density at radius 1 is 0.971 bits per heavy atom. The van der Waals surface area contributed by atoms with Crippen LogP contribution in [0.2, 0.25) is 0 Å². The number of hydrogen-bond donors (Lipinski definition) is 3. The second-order valence-corrected chi connectivity index (χ2v) is 11.0. The first-order valence-corrected chi connectivity index (χ1v) is 15.0. The highest BCUT2D eigenvalue weighted by Crippen LogP contribution is 2.35. The van der Waals surface area contributed by atoms with E-state index in [1.807, 2.05) is 24.3 Å². The number of rotatable bonds is 20. The molecule has 0 heterocycles. The molecule has 34 heavy (non-hydrogen) atoms. The van der Waals surface area contributed by atoms with Crippen molar-refractivity contribution in [2.24, 2.45) is 0 Å². The Morgan fingerprint density at radius 3 is 2.12 bits per heavy atom. The predicted octanol–water partition coefficient (Wildman–Crippen LogP) is 7.23. The van der Waals surface area contributed by atoms with Crippen LogP contribution in [0.5, 0.6) is 0 Å². The maximum Gasteiger partial charge on any atom is 0.469 e. The highest BCUT2D eigenvalue weighted by Gasteiger charge is 2.20. The molecule has 0 unspecified atom stereocenters. The van der Waals surface area contributed by atoms with Crippen molar-refractivity contribution in [3.63, 3.8) is 0 Å². The molecule has 8 heteroatoms. The quantitative estimate of drug-likeness (QED) is 0.0888. The monoisotopic (exact) mass is 559 g/mol. The summed E-state index contributed by atoms with van der Waals surface area (Å²) < 4.78 is 16.7. The SMILES string of the molecule is CCCCCCCC/C=C\CCCCCCC(=O)N[C@@H](COP(=O)(O)O)Cc1ccc(Br)cc1. The molecular weight excluding hydrogens is 517 g/mol. The molecule has 0 aliphatic carbocycles. The summed E-state index contributed by atoms with van der Waals surface area (Å²) in [5.41, 5.74) is 0.951. The maximum absolute atomic E-state index is 12.4. The highest BCUT2D eigenvalue weighted by atomic mass is 79.9. The zero-order chi connectivity index (χ0) is 25.1. The van der Waals surface area contributed by atoms with Crippen LogP contribution in [-0.4, -0.2) is 28.3 Å². The van der Waals surface area contributed by atoms with Crippen molar-refractivity contribution in [2.45, 2.75) is 103 Å². The standard InChI is InChI=1S/C26H43BrNO5P/c1-2-3-4-5-6-7-8-9-10-11-12-13-14-15-16-26(29)28-25(22-33-34(30,31)32)21-23-17-19-24(27)20-18-23/h9-10,17-20,25H,2-8,11-16,21-22H2,1H3,(H,28,29)(H2,30,31,32)/b10-9-/t25-/m1/s1. The molecule has 0 aliphatic heterocycles. The predicted molar refractivity (Wildman–Crippen MR) is 143 cm³/mol. The second-order valence-electron chi connectivity index (χ2n) is 8.86. The van der Waals surface area contributed by atoms with E-state index in [1.165, 1.54) is 44.9 Å². The van der Waals surface area contributed by atoms with E-state index in [0.29, 0.717) is 12.8 Å². The van der Waals surface area contributed by atoms with Gasteiger partial charge in [0.2, 0.25) is 5.91 Å². The van der Waals surface area contributed by atoms with E-state index in [4.69, 9.17) is 9.79 Å². The third-order valence-electron chi connectivity index (χ3n) is 5.62. The molecule has 0 aliphatic rings. The fourth-order valence-corrected chi connectivity index (χ4v) is 4.36. The highest BCUT2D eigenvalue weighted by molar-refractivity contribution is 9.10. The van der Waals surface area contributed by atoms with Gasteiger partial charge < -0.3 is 15.1 Å². The van der Waals surface area contributed by atoms with Crippen LogP contribution in [0.4, 0.5) is 0 Å². The first-order valence-electron chi connectivity index (χ1n) is 12.7. The van der Waals surface area contributed by atoms with Gasteiger partial charge in [-0.3, -0.25) is 9.32 Å². The summed E-state index contributed by atoms with van der Waals surface area (Å²) in [6.45, 7) is 2.01. The molecule has 1 amide bonds. The van der Waals surface area contributed by atoms with Gasteiger partial charge in [0.05, 0.1) is 12.6 Å². The van der Waals surface area contributed by atoms with Crippen molar-refractivity contribution in [1.29, 1.82) is 0 Å². The Balaban J connectivity index is 2.19. The number of amides is 1. The van der Waals surface area contributed by atoms with Gasteiger partial charge in [0.25, 0.3) is 0 Å². The summed E-state index contributed by atoms with van der Waals surface area (Å²) in [5, 5.41) is 2.87. The minimum Gasteiger partial charge on any atom is -0.351 e. The van der Waals surface area contributed by atoms with Crippen LogP contribution in [0.3, 0.4) is 0 Å². The van der Waals surface area contributed by atoms with Gasteiger partial charge >= 0.3 is 7.82 Å². The summed E-state index contributed by atoms with van der Waals surface area (Å²) in [6, 6.07) is 7.09. The van der Waals surface area contributed by atoms with Gasteiger partial charge in [-0.2, -0.15) is 0 Å². The van der Waals surface area contributed by atoms with Crippen molar-refractivity contribution in [3.8, 4) is 0 Å². The van der Waals surface area contributed by atoms with E-state index < -0.39 is 13.9 Å². The molecule has 0 spiro atoms. The van der Waals surface area contributed by atoms with Crippen molar-refractivity contribution in [2.75, 3.05) is 6.61 Å². The van der Waals surface area contributed by atoms with E-state index in [2.05, 4.69) is 44.8 Å². The summed E-state index contributed by atoms with van der Waals surface area (Å²) >= 11 is 3.38. The van der Waals surface area contributed by atoms with Gasteiger partial charge in [0.1, 0.15) is 0 Å². The number of phosphoric ester groups is 1. The Hall–Kier alpha value is -0.980. The van der Waals surface area contributed by atoms with E-state index in [0.717, 1.165) is 42.1 Å². The maximum atomic E-state index is 12.4. The number of phosphoric acid groups is 1. The van der Waals surface area contributed by atoms with Gasteiger partial charge in [0, 0.05) is 10.9 Å². The normalized spacial score (nSPS) is 12.8. The molecule has 0 saturated heterocycles. The molecule has 1 aromatic carbocycles. The number of carbonyl (C=O) groups is 1. The van der Waals surface area contributed by atoms with Crippen LogP contribution in [0.1, 0.15) is 96.0 Å². The van der Waals surface area contributed by atoms with E-state index in [1.54, 1.807) is 0 Å². The topological polar surface area (TPSA) is 95.9 Å². The Morgan fingerprint density at radius 2 is 1.53 bits per heavy atom. The van der Waals surface area contributed by atoms with Crippen LogP contribution >= 0.6 is 23.8 Å². The van der Waals surface area contributed by atoms with Gasteiger partial charge in [-0.25, -0.2) is 4.57 Å². The smallest absolute Gasteiger partial charge is 0.351 e. The number of nitrogens with one attached hydrogen (secondary N) is 1. The molecule has 0 fully saturated rings. The number of unbranched alkanes of at least 4 members (excludes halogenated alkanes) is 10. The molecule has 0 bridgehead atoms. The van der Waals surface area contributed by atoms with Gasteiger partial charge in [0.15, 0.2) is 0 Å². The molecule has 6 nitrogen and oxygen atoms in total. The lowest BCUT2D eigenvalue weighted by Crippen LogP contribution is -2.39. The first kappa shape index (κ1) is 31.1. The average Bonchev–Trinajstić information content (AvgIpc) is 2.78. The number of benzene rings is 1. The third-order valence-corrected chi connectivity index (χ3v) is 6.63. The van der Waals surface area contributed by atoms with Gasteiger partial charge in [-0.15, -0.1) is 0 Å². The Bertz CT molecular complexity index is 735. The number of carbonyl (C=O) groups excluding carboxylic acids is 1. The van der Waals surface area contributed by atoms with Crippen molar-refractivity contribution in [1.82, 2.24) is 5.32 Å². The molecule has 0 aromatic heterocycles. The summed E-state index contributed by atoms with van der Waals surface area (Å²) in [6.07, 6.45) is 19.7. The fraction of sp³-hybridized carbons (Fsp3) is 0.654. The van der Waals surface area contributed by atoms with Gasteiger partial charge in [-0.1, -0.05) is 92.1 Å². The molecule has 1 rings (SSSR count). The van der Waals surface area contributed by atoms with Crippen molar-refractivity contribution in [3.05, 3.63) is 46.5 Å². The van der Waals surface area contributed by atoms with Crippen molar-refractivity contribution >= 4 is 29.7 Å². The van der Waals surface area contributed by atoms with Crippen molar-refractivity contribution < 1.29 is 23.7 Å². The molecule has 3 N–H and O–H groups in total. The van der Waals surface area contributed by atoms with Crippen LogP contribution in [-0.2, 0) is 20.3 Å². The Labute approximate surface area is 214 Å². The Kier molecular flexibility index (Phi) is 17.6. The van der Waals surface area contributed by atoms with Gasteiger partial charge in [-0.05, 0) is 56.2 Å². The molecule has 1 atom stereocenters. The minimum absolute atomic E-state index is 0.116. The largest absolute Gasteiger partial charge is 0.469 e. The first-order chi connectivity index (χ1) is 16.3. The van der Waals surface area contributed by atoms with E-state index in [9.17, 15) is 9.36 Å². The number of allylic oxidation sites excluding steroid dienone is 2. The van der Waals surface area contributed by atoms with Crippen LogP contribution < -0.4 is 5.32 Å². The lowest BCUT2D eigenvalue weighted by Gasteiger charge is -2.19. The second kappa shape index (κ2) is 19.2. The summed E-state index contributed by atoms with van der Waals surface area (Å²) in [7, 11) is -4.59. The molecule has 0 saturated carbocycles. The number of halogens is 1. The average molecular weight is 561 g/mol. The van der Waals surface area contributed by atoms with Crippen LogP contribution in [0.15, 0.2) is 40.9 Å². The van der Waals surface area contributed by atoms with E-state index >= 15 is 0 Å². The molecule has 194 valence electrons. The zero-order valence-electron chi connectivity index (χ0n) is 20.6. The lowest BCUT2D eigenvalue weighted by molar-refractivity contribution is -0.122. The van der Waals surface area contributed by atoms with E-state index in [-0.39, 0.29) is 12.5 Å². The minimum atomic E-state index is -4.59. The fourth-order valence-electron chi connectivity index (χ4n) is 3.72. The molecule has 0 radical (unpaired) electrons. The number of hydrogen-bond acceptors (Lipinski definition) is 3. The van der Waals surface area contributed by atoms with Crippen LogP contribution in [0.25, 0.3) is 0 Å². The molecule has 1 aromatic rings. The zero-order valence-corrected chi connectivity index (χ0v) is 23.1. The third kappa shape index (κ3) is 18.4.